The van der Waals surface area contributed by atoms with Gasteiger partial charge in [0, 0.05) is 16.5 Å². The summed E-state index contributed by atoms with van der Waals surface area (Å²) in [5.74, 6) is -1.79. The Morgan fingerprint density at radius 1 is 1.19 bits per heavy atom. The average molecular weight is 371 g/mol. The van der Waals surface area contributed by atoms with E-state index < -0.39 is 11.9 Å². The number of esters is 1. The second-order valence-corrected chi connectivity index (χ2v) is 7.18. The van der Waals surface area contributed by atoms with E-state index in [1.165, 1.54) is 41.7 Å². The minimum atomic E-state index is -1.03. The van der Waals surface area contributed by atoms with Gasteiger partial charge >= 0.3 is 11.9 Å². The maximum absolute atomic E-state index is 13.0. The molecule has 0 saturated carbocycles. The van der Waals surface area contributed by atoms with Crippen LogP contribution in [0.4, 0.5) is 9.39 Å². The summed E-state index contributed by atoms with van der Waals surface area (Å²) in [5, 5.41) is 9.90. The van der Waals surface area contributed by atoms with E-state index in [0.717, 1.165) is 36.1 Å². The number of aromatic carboxylic acids is 1. The van der Waals surface area contributed by atoms with Gasteiger partial charge in [-0.3, -0.25) is 0 Å². The number of rotatable bonds is 3. The third-order valence-electron chi connectivity index (χ3n) is 4.40. The number of aryl methyl sites for hydroxylation is 1. The van der Waals surface area contributed by atoms with Crippen LogP contribution in [-0.4, -0.2) is 22.8 Å². The predicted octanol–water partition coefficient (Wildman–Crippen LogP) is 4.13. The fourth-order valence-corrected chi connectivity index (χ4v) is 4.42. The van der Waals surface area contributed by atoms with Crippen molar-refractivity contribution in [3.63, 3.8) is 0 Å². The molecule has 26 heavy (non-hydrogen) atoms. The number of ether oxygens (including phenoxy) is 1. The molecule has 0 amide bonds. The first kappa shape index (κ1) is 16.7. The van der Waals surface area contributed by atoms with Crippen LogP contribution in [0, 0.1) is 5.82 Å². The zero-order valence-corrected chi connectivity index (χ0v) is 14.4. The summed E-state index contributed by atoms with van der Waals surface area (Å²) in [6, 6.07) is 5.55. The Morgan fingerprint density at radius 2 is 1.92 bits per heavy atom. The van der Waals surface area contributed by atoms with Crippen molar-refractivity contribution in [2.75, 3.05) is 0 Å². The molecule has 2 aromatic rings. The summed E-state index contributed by atoms with van der Waals surface area (Å²) in [6.07, 6.45) is 5.00. The molecule has 5 nitrogen and oxygen atoms in total. The molecule has 7 heteroatoms. The highest BCUT2D eigenvalue weighted by Crippen LogP contribution is 2.40. The highest BCUT2D eigenvalue weighted by Gasteiger charge is 2.28. The van der Waals surface area contributed by atoms with E-state index >= 15 is 0 Å². The highest BCUT2D eigenvalue weighted by atomic mass is 32.1. The summed E-state index contributed by atoms with van der Waals surface area (Å²) < 4.78 is 18.2. The van der Waals surface area contributed by atoms with Crippen LogP contribution in [0.2, 0.25) is 0 Å². The Bertz CT molecular complexity index is 972. The van der Waals surface area contributed by atoms with Crippen molar-refractivity contribution >= 4 is 39.7 Å². The standard InChI is InChI=1S/C19H14FNO4S/c20-11-7-5-10(6-8-11)14-9-13(19(24)25-14)21-17-16(18(22)23)12-3-1-2-4-15(12)26-17/h5-9H,1-4H2,(H,22,23). The van der Waals surface area contributed by atoms with Crippen LogP contribution >= 0.6 is 11.3 Å². The van der Waals surface area contributed by atoms with Crippen molar-refractivity contribution in [2.45, 2.75) is 25.7 Å². The van der Waals surface area contributed by atoms with Gasteiger partial charge in [0.15, 0.2) is 5.71 Å². The second-order valence-electron chi connectivity index (χ2n) is 6.10. The monoisotopic (exact) mass is 371 g/mol. The molecule has 2 aliphatic rings. The van der Waals surface area contributed by atoms with Crippen molar-refractivity contribution < 1.29 is 23.8 Å². The lowest BCUT2D eigenvalue weighted by atomic mass is 9.95. The molecule has 0 unspecified atom stereocenters. The minimum absolute atomic E-state index is 0.0467. The Kier molecular flexibility index (Phi) is 4.16. The Morgan fingerprint density at radius 3 is 2.65 bits per heavy atom. The van der Waals surface area contributed by atoms with Crippen LogP contribution in [0.25, 0.3) is 5.76 Å². The summed E-state index contributed by atoms with van der Waals surface area (Å²) in [5.41, 5.74) is 1.62. The summed E-state index contributed by atoms with van der Waals surface area (Å²) >= 11 is 1.32. The molecule has 2 heterocycles. The zero-order chi connectivity index (χ0) is 18.3. The Labute approximate surface area is 152 Å². The van der Waals surface area contributed by atoms with Crippen molar-refractivity contribution in [2.24, 2.45) is 4.99 Å². The molecule has 0 bridgehead atoms. The van der Waals surface area contributed by atoms with Crippen molar-refractivity contribution in [1.82, 2.24) is 0 Å². The molecular weight excluding hydrogens is 357 g/mol. The molecule has 0 radical (unpaired) electrons. The van der Waals surface area contributed by atoms with Crippen LogP contribution in [0.15, 0.2) is 35.3 Å². The molecule has 0 fully saturated rings. The average Bonchev–Trinajstić information content (AvgIpc) is 3.16. The molecule has 1 aromatic heterocycles. The molecule has 0 saturated heterocycles. The number of hydrogen-bond acceptors (Lipinski definition) is 5. The molecule has 1 aromatic carbocycles. The van der Waals surface area contributed by atoms with Gasteiger partial charge < -0.3 is 9.84 Å². The van der Waals surface area contributed by atoms with Gasteiger partial charge in [0.25, 0.3) is 0 Å². The number of halogens is 1. The van der Waals surface area contributed by atoms with E-state index in [1.54, 1.807) is 0 Å². The first-order valence-electron chi connectivity index (χ1n) is 8.19. The van der Waals surface area contributed by atoms with Gasteiger partial charge in [0.2, 0.25) is 0 Å². The largest absolute Gasteiger partial charge is 0.478 e. The number of thiophene rings is 1. The van der Waals surface area contributed by atoms with Crippen molar-refractivity contribution in [3.05, 3.63) is 57.7 Å². The first-order chi connectivity index (χ1) is 12.5. The van der Waals surface area contributed by atoms with E-state index in [-0.39, 0.29) is 22.9 Å². The molecular formula is C19H14FNO4S. The highest BCUT2D eigenvalue weighted by molar-refractivity contribution is 7.16. The fraction of sp³-hybridized carbons (Fsp3) is 0.211. The van der Waals surface area contributed by atoms with E-state index in [1.807, 2.05) is 0 Å². The van der Waals surface area contributed by atoms with Crippen LogP contribution in [0.5, 0.6) is 0 Å². The molecule has 4 rings (SSSR count). The minimum Gasteiger partial charge on any atom is -0.478 e. The zero-order valence-electron chi connectivity index (χ0n) is 13.6. The normalized spacial score (nSPS) is 17.8. The van der Waals surface area contributed by atoms with E-state index in [0.29, 0.717) is 10.6 Å². The number of cyclic esters (lactones) is 1. The van der Waals surface area contributed by atoms with E-state index in [9.17, 15) is 19.1 Å². The number of carboxylic acid groups (broad SMARTS) is 1. The fourth-order valence-electron chi connectivity index (χ4n) is 3.16. The Balaban J connectivity index is 1.74. The summed E-state index contributed by atoms with van der Waals surface area (Å²) in [4.78, 5) is 29.1. The topological polar surface area (TPSA) is 76.0 Å². The SMILES string of the molecule is O=C1OC(c2ccc(F)cc2)=CC1=Nc1sc2c(c1C(=O)O)CCCC2. The van der Waals surface area contributed by atoms with E-state index in [2.05, 4.69) is 4.99 Å². The van der Waals surface area contributed by atoms with Crippen molar-refractivity contribution in [3.8, 4) is 0 Å². The smallest absolute Gasteiger partial charge is 0.362 e. The van der Waals surface area contributed by atoms with Crippen LogP contribution in [0.1, 0.15) is 39.2 Å². The van der Waals surface area contributed by atoms with Gasteiger partial charge in [-0.15, -0.1) is 11.3 Å². The van der Waals surface area contributed by atoms with Gasteiger partial charge in [-0.1, -0.05) is 0 Å². The molecule has 1 aliphatic heterocycles. The third-order valence-corrected chi connectivity index (χ3v) is 5.58. The predicted molar refractivity (Wildman–Crippen MR) is 95.5 cm³/mol. The molecule has 132 valence electrons. The number of nitrogens with zero attached hydrogens (tertiary/aromatic N) is 1. The number of carboxylic acids is 1. The van der Waals surface area contributed by atoms with Crippen LogP contribution in [0.3, 0.4) is 0 Å². The van der Waals surface area contributed by atoms with Crippen molar-refractivity contribution in [1.29, 1.82) is 0 Å². The Hall–Kier alpha value is -2.80. The number of carbonyl (C=O) groups is 2. The molecule has 0 spiro atoms. The summed E-state index contributed by atoms with van der Waals surface area (Å²) in [6.45, 7) is 0. The lowest BCUT2D eigenvalue weighted by Crippen LogP contribution is -2.08. The number of carbonyl (C=O) groups excluding carboxylic acids is 1. The lowest BCUT2D eigenvalue weighted by molar-refractivity contribution is -0.128. The first-order valence-corrected chi connectivity index (χ1v) is 9.01. The van der Waals surface area contributed by atoms with Gasteiger partial charge in [-0.2, -0.15) is 0 Å². The lowest BCUT2D eigenvalue weighted by Gasteiger charge is -2.10. The third kappa shape index (κ3) is 2.94. The van der Waals surface area contributed by atoms with Gasteiger partial charge in [0.05, 0.1) is 5.56 Å². The van der Waals surface area contributed by atoms with Gasteiger partial charge in [0.1, 0.15) is 16.6 Å². The second kappa shape index (κ2) is 6.49. The molecule has 1 N–H and O–H groups in total. The maximum Gasteiger partial charge on any atom is 0.362 e. The van der Waals surface area contributed by atoms with Gasteiger partial charge in [-0.05, 0) is 55.5 Å². The number of fused-ring (bicyclic) bond motifs is 1. The summed E-state index contributed by atoms with van der Waals surface area (Å²) in [7, 11) is 0. The van der Waals surface area contributed by atoms with Crippen LogP contribution in [-0.2, 0) is 22.4 Å². The van der Waals surface area contributed by atoms with Crippen LogP contribution < -0.4 is 0 Å². The number of benzene rings is 1. The maximum atomic E-state index is 13.0. The molecule has 0 atom stereocenters. The number of hydrogen-bond donors (Lipinski definition) is 1. The quantitative estimate of drug-likeness (QED) is 0.823. The van der Waals surface area contributed by atoms with Gasteiger partial charge in [-0.25, -0.2) is 19.0 Å². The number of aliphatic imine (C=N–C) groups is 1. The van der Waals surface area contributed by atoms with E-state index in [4.69, 9.17) is 4.74 Å². The molecule has 1 aliphatic carbocycles.